The summed E-state index contributed by atoms with van der Waals surface area (Å²) in [5.74, 6) is -0.418. The number of aromatic nitrogens is 1. The Bertz CT molecular complexity index is 1130. The summed E-state index contributed by atoms with van der Waals surface area (Å²) >= 11 is 0.860. The van der Waals surface area contributed by atoms with Crippen LogP contribution >= 0.6 is 11.3 Å². The summed E-state index contributed by atoms with van der Waals surface area (Å²) < 4.78 is 38.5. The summed E-state index contributed by atoms with van der Waals surface area (Å²) in [7, 11) is -3.31. The minimum atomic E-state index is -3.31. The summed E-state index contributed by atoms with van der Waals surface area (Å²) in [5, 5.41) is 2.59. The van der Waals surface area contributed by atoms with Crippen molar-refractivity contribution in [3.63, 3.8) is 0 Å². The standard InChI is InChI=1S/C24H30FN3O4S2/c1-2-10-26-24(30)28-11-9-16(15-28)12-20(21(29)13-23-27-14-22(25)33-23)17-3-5-18(6-4-17)34(31,32)19-7-8-19/h3-6,14,16,19-20H,2,7-13,15H2,1H3,(H,26,30)/t16-,20-/m1/s1. The van der Waals surface area contributed by atoms with Crippen LogP contribution in [0.1, 0.15) is 55.5 Å². The Morgan fingerprint density at radius 2 is 1.97 bits per heavy atom. The molecule has 2 heterocycles. The molecule has 1 aliphatic carbocycles. The smallest absolute Gasteiger partial charge is 0.317 e. The number of amides is 2. The highest BCUT2D eigenvalue weighted by molar-refractivity contribution is 7.92. The number of carbonyl (C=O) groups is 2. The Morgan fingerprint density at radius 3 is 2.59 bits per heavy atom. The predicted octanol–water partition coefficient (Wildman–Crippen LogP) is 3.95. The first-order valence-electron chi connectivity index (χ1n) is 11.8. The lowest BCUT2D eigenvalue weighted by atomic mass is 9.84. The number of urea groups is 1. The molecular weight excluding hydrogens is 477 g/mol. The molecule has 4 rings (SSSR count). The van der Waals surface area contributed by atoms with Crippen molar-refractivity contribution in [2.75, 3.05) is 19.6 Å². The fraction of sp³-hybridized carbons (Fsp3) is 0.542. The van der Waals surface area contributed by atoms with Crippen LogP contribution in [0.5, 0.6) is 0 Å². The second-order valence-electron chi connectivity index (χ2n) is 9.14. The van der Waals surface area contributed by atoms with E-state index in [2.05, 4.69) is 10.3 Å². The van der Waals surface area contributed by atoms with Gasteiger partial charge in [0, 0.05) is 25.6 Å². The number of likely N-dealkylation sites (tertiary alicyclic amines) is 1. The normalized spacial score (nSPS) is 19.2. The van der Waals surface area contributed by atoms with E-state index in [0.29, 0.717) is 43.9 Å². The van der Waals surface area contributed by atoms with Crippen molar-refractivity contribution in [2.24, 2.45) is 5.92 Å². The summed E-state index contributed by atoms with van der Waals surface area (Å²) in [6.07, 6.45) is 4.73. The van der Waals surface area contributed by atoms with E-state index in [4.69, 9.17) is 0 Å². The number of Topliss-reactive ketones (excluding diaryl/α,β-unsaturated/α-hetero) is 1. The lowest BCUT2D eigenvalue weighted by molar-refractivity contribution is -0.120. The Labute approximate surface area is 203 Å². The van der Waals surface area contributed by atoms with Crippen LogP contribution in [0.25, 0.3) is 0 Å². The molecule has 2 atom stereocenters. The third-order valence-corrected chi connectivity index (χ3v) is 9.55. The number of rotatable bonds is 10. The molecule has 34 heavy (non-hydrogen) atoms. The Balaban J connectivity index is 1.50. The average molecular weight is 508 g/mol. The molecule has 1 saturated carbocycles. The molecule has 1 aromatic heterocycles. The first-order valence-corrected chi connectivity index (χ1v) is 14.1. The highest BCUT2D eigenvalue weighted by Crippen LogP contribution is 2.35. The summed E-state index contributed by atoms with van der Waals surface area (Å²) in [5.41, 5.74) is 0.741. The molecule has 2 aromatic rings. The number of ketones is 1. The van der Waals surface area contributed by atoms with Crippen molar-refractivity contribution in [1.29, 1.82) is 0 Å². The van der Waals surface area contributed by atoms with Crippen LogP contribution in [-0.4, -0.2) is 55.0 Å². The molecule has 2 amide bonds. The number of thiazole rings is 1. The lowest BCUT2D eigenvalue weighted by Gasteiger charge is -2.21. The average Bonchev–Trinajstić information content (AvgIpc) is 3.46. The van der Waals surface area contributed by atoms with Gasteiger partial charge in [-0.1, -0.05) is 30.4 Å². The fourth-order valence-electron chi connectivity index (χ4n) is 4.44. The molecule has 7 nitrogen and oxygen atoms in total. The maximum atomic E-state index is 13.4. The van der Waals surface area contributed by atoms with Crippen LogP contribution < -0.4 is 5.32 Å². The topological polar surface area (TPSA) is 96.4 Å². The highest BCUT2D eigenvalue weighted by atomic mass is 32.2. The fourth-order valence-corrected chi connectivity index (χ4v) is 6.75. The lowest BCUT2D eigenvalue weighted by Crippen LogP contribution is -2.38. The summed E-state index contributed by atoms with van der Waals surface area (Å²) in [4.78, 5) is 31.7. The Morgan fingerprint density at radius 1 is 1.24 bits per heavy atom. The van der Waals surface area contributed by atoms with Crippen molar-refractivity contribution in [3.05, 3.63) is 46.2 Å². The van der Waals surface area contributed by atoms with E-state index < -0.39 is 20.9 Å². The molecule has 1 N–H and O–H groups in total. The minimum Gasteiger partial charge on any atom is -0.338 e. The van der Waals surface area contributed by atoms with E-state index >= 15 is 0 Å². The molecule has 0 unspecified atom stereocenters. The summed E-state index contributed by atoms with van der Waals surface area (Å²) in [6.45, 7) is 3.83. The van der Waals surface area contributed by atoms with Gasteiger partial charge in [-0.3, -0.25) is 4.79 Å². The van der Waals surface area contributed by atoms with Crippen LogP contribution in [0.2, 0.25) is 0 Å². The molecule has 184 valence electrons. The van der Waals surface area contributed by atoms with Crippen LogP contribution in [0.15, 0.2) is 35.4 Å². The number of sulfone groups is 1. The van der Waals surface area contributed by atoms with E-state index in [1.165, 1.54) is 0 Å². The van der Waals surface area contributed by atoms with Crippen molar-refractivity contribution in [1.82, 2.24) is 15.2 Å². The molecule has 2 fully saturated rings. The van der Waals surface area contributed by atoms with Crippen LogP contribution in [0, 0.1) is 11.0 Å². The van der Waals surface area contributed by atoms with Gasteiger partial charge in [0.25, 0.3) is 0 Å². The highest BCUT2D eigenvalue weighted by Gasteiger charge is 2.37. The predicted molar refractivity (Wildman–Crippen MR) is 128 cm³/mol. The molecular formula is C24H30FN3O4S2. The molecule has 2 aliphatic rings. The first kappa shape index (κ1) is 24.8. The zero-order valence-corrected chi connectivity index (χ0v) is 20.8. The number of hydrogen-bond donors (Lipinski definition) is 1. The Kier molecular flexibility index (Phi) is 7.67. The summed E-state index contributed by atoms with van der Waals surface area (Å²) in [6, 6.07) is 6.54. The zero-order chi connectivity index (χ0) is 24.3. The van der Waals surface area contributed by atoms with E-state index in [0.717, 1.165) is 35.9 Å². The zero-order valence-electron chi connectivity index (χ0n) is 19.2. The van der Waals surface area contributed by atoms with Gasteiger partial charge in [0.15, 0.2) is 15.0 Å². The van der Waals surface area contributed by atoms with E-state index in [1.54, 1.807) is 29.2 Å². The second-order valence-corrected chi connectivity index (χ2v) is 12.4. The quantitative estimate of drug-likeness (QED) is 0.525. The van der Waals surface area contributed by atoms with Gasteiger partial charge >= 0.3 is 6.03 Å². The number of nitrogens with one attached hydrogen (secondary N) is 1. The molecule has 1 aromatic carbocycles. The van der Waals surface area contributed by atoms with Gasteiger partial charge < -0.3 is 10.2 Å². The third-order valence-electron chi connectivity index (χ3n) is 6.48. The maximum absolute atomic E-state index is 13.4. The van der Waals surface area contributed by atoms with Gasteiger partial charge in [0.1, 0.15) is 10.8 Å². The SMILES string of the molecule is CCCNC(=O)N1CC[C@H](C[C@@H](C(=O)Cc2ncc(F)s2)c2ccc(S(=O)(=O)C3CC3)cc2)C1. The van der Waals surface area contributed by atoms with Crippen molar-refractivity contribution >= 4 is 33.0 Å². The number of halogens is 1. The minimum absolute atomic E-state index is 0.0226. The van der Waals surface area contributed by atoms with Gasteiger partial charge in [0.2, 0.25) is 0 Å². The molecule has 0 bridgehead atoms. The van der Waals surface area contributed by atoms with Gasteiger partial charge in [0.05, 0.1) is 22.8 Å². The van der Waals surface area contributed by atoms with Crippen LogP contribution in [0.4, 0.5) is 9.18 Å². The molecule has 0 spiro atoms. The van der Waals surface area contributed by atoms with E-state index in [1.807, 2.05) is 6.92 Å². The second kappa shape index (κ2) is 10.5. The molecule has 0 radical (unpaired) electrons. The number of nitrogens with zero attached hydrogens (tertiary/aromatic N) is 2. The monoisotopic (exact) mass is 507 g/mol. The molecule has 10 heteroatoms. The first-order chi connectivity index (χ1) is 16.3. The Hall–Kier alpha value is -2.33. The van der Waals surface area contributed by atoms with Crippen molar-refractivity contribution in [3.8, 4) is 0 Å². The third kappa shape index (κ3) is 5.83. The van der Waals surface area contributed by atoms with E-state index in [9.17, 15) is 22.4 Å². The van der Waals surface area contributed by atoms with Gasteiger partial charge in [-0.15, -0.1) is 0 Å². The number of benzene rings is 1. The molecule has 1 saturated heterocycles. The maximum Gasteiger partial charge on any atom is 0.317 e. The van der Waals surface area contributed by atoms with Crippen molar-refractivity contribution < 1.29 is 22.4 Å². The van der Waals surface area contributed by atoms with E-state index in [-0.39, 0.29) is 34.3 Å². The van der Waals surface area contributed by atoms with Gasteiger partial charge in [-0.05, 0) is 55.7 Å². The van der Waals surface area contributed by atoms with Gasteiger partial charge in [-0.2, -0.15) is 4.39 Å². The number of carbonyl (C=O) groups excluding carboxylic acids is 2. The number of hydrogen-bond acceptors (Lipinski definition) is 6. The van der Waals surface area contributed by atoms with Crippen LogP contribution in [-0.2, 0) is 21.1 Å². The van der Waals surface area contributed by atoms with Crippen molar-refractivity contribution in [2.45, 2.75) is 61.5 Å². The van der Waals surface area contributed by atoms with Gasteiger partial charge in [-0.25, -0.2) is 18.2 Å². The van der Waals surface area contributed by atoms with Crippen LogP contribution in [0.3, 0.4) is 0 Å². The molecule has 1 aliphatic heterocycles. The largest absolute Gasteiger partial charge is 0.338 e.